The molecule has 0 aromatic carbocycles. The van der Waals surface area contributed by atoms with Crippen LogP contribution in [0.3, 0.4) is 0 Å². The minimum absolute atomic E-state index is 0.0788. The molecule has 0 unspecified atom stereocenters. The topological polar surface area (TPSA) is 26.3 Å². The Balaban J connectivity index is 2.46. The molecule has 62 valence electrons. The van der Waals surface area contributed by atoms with Crippen molar-refractivity contribution in [3.05, 3.63) is 0 Å². The van der Waals surface area contributed by atoms with Crippen LogP contribution in [-0.4, -0.2) is 17.4 Å². The molecule has 1 fully saturated rings. The van der Waals surface area contributed by atoms with E-state index in [9.17, 15) is 4.79 Å². The van der Waals surface area contributed by atoms with Gasteiger partial charge in [0.2, 0.25) is 0 Å². The van der Waals surface area contributed by atoms with Gasteiger partial charge in [0, 0.05) is 4.86 Å². The lowest BCUT2D eigenvalue weighted by Gasteiger charge is -2.07. The third kappa shape index (κ3) is 1.99. The number of ether oxygens (including phenoxy) is 1. The highest BCUT2D eigenvalue weighted by Crippen LogP contribution is 2.23. The summed E-state index contributed by atoms with van der Waals surface area (Å²) in [6.45, 7) is 2.27. The SMILES string of the molecule is CCOC(=O)[C@@H]1CCCC1=S. The number of carbonyl (C=O) groups is 1. The standard InChI is InChI=1S/C8H12O2S/c1-2-10-8(9)6-4-3-5-7(6)11/h6H,2-5H2,1H3/t6-/m1/s1. The Bertz CT molecular complexity index is 177. The van der Waals surface area contributed by atoms with Gasteiger partial charge in [0.1, 0.15) is 0 Å². The molecule has 1 aliphatic carbocycles. The van der Waals surface area contributed by atoms with Gasteiger partial charge in [0.25, 0.3) is 0 Å². The van der Waals surface area contributed by atoms with Gasteiger partial charge in [-0.25, -0.2) is 0 Å². The predicted octanol–water partition coefficient (Wildman–Crippen LogP) is 1.72. The first-order valence-corrected chi connectivity index (χ1v) is 4.36. The fraction of sp³-hybridized carbons (Fsp3) is 0.750. The zero-order chi connectivity index (χ0) is 8.27. The Kier molecular flexibility index (Phi) is 3.00. The number of rotatable bonds is 2. The Labute approximate surface area is 71.9 Å². The van der Waals surface area contributed by atoms with Crippen LogP contribution < -0.4 is 0 Å². The molecule has 2 nitrogen and oxygen atoms in total. The van der Waals surface area contributed by atoms with Crippen LogP contribution in [0.5, 0.6) is 0 Å². The summed E-state index contributed by atoms with van der Waals surface area (Å²) >= 11 is 5.03. The molecule has 0 heterocycles. The lowest BCUT2D eigenvalue weighted by atomic mass is 10.1. The van der Waals surface area contributed by atoms with E-state index >= 15 is 0 Å². The third-order valence-electron chi connectivity index (χ3n) is 1.88. The maximum atomic E-state index is 11.1. The number of hydrogen-bond donors (Lipinski definition) is 0. The Hall–Kier alpha value is -0.440. The molecule has 11 heavy (non-hydrogen) atoms. The summed E-state index contributed by atoms with van der Waals surface area (Å²) in [5, 5.41) is 0. The summed E-state index contributed by atoms with van der Waals surface area (Å²) in [6, 6.07) is 0. The molecule has 0 amide bonds. The van der Waals surface area contributed by atoms with Gasteiger partial charge in [-0.3, -0.25) is 4.79 Å². The maximum Gasteiger partial charge on any atom is 0.313 e. The van der Waals surface area contributed by atoms with E-state index in [0.717, 1.165) is 24.1 Å². The number of hydrogen-bond acceptors (Lipinski definition) is 3. The second-order valence-electron chi connectivity index (χ2n) is 2.66. The second kappa shape index (κ2) is 3.81. The molecule has 3 heteroatoms. The van der Waals surface area contributed by atoms with Crippen LogP contribution in [0.1, 0.15) is 26.2 Å². The molecule has 0 aliphatic heterocycles. The highest BCUT2D eigenvalue weighted by atomic mass is 32.1. The van der Waals surface area contributed by atoms with Gasteiger partial charge in [-0.1, -0.05) is 12.2 Å². The third-order valence-corrected chi connectivity index (χ3v) is 2.36. The molecule has 0 bridgehead atoms. The molecule has 0 aromatic heterocycles. The van der Waals surface area contributed by atoms with E-state index in [2.05, 4.69) is 0 Å². The quantitative estimate of drug-likeness (QED) is 0.468. The summed E-state index contributed by atoms with van der Waals surface area (Å²) in [6.07, 6.45) is 2.85. The van der Waals surface area contributed by atoms with Crippen LogP contribution in [-0.2, 0) is 9.53 Å². The fourth-order valence-electron chi connectivity index (χ4n) is 1.31. The van der Waals surface area contributed by atoms with Crippen molar-refractivity contribution >= 4 is 23.1 Å². The van der Waals surface area contributed by atoms with E-state index in [4.69, 9.17) is 17.0 Å². The minimum atomic E-state index is -0.130. The van der Waals surface area contributed by atoms with E-state index in [-0.39, 0.29) is 11.9 Å². The van der Waals surface area contributed by atoms with Crippen LogP contribution in [0, 0.1) is 5.92 Å². The van der Waals surface area contributed by atoms with E-state index in [1.54, 1.807) is 0 Å². The molecule has 0 spiro atoms. The molecule has 1 saturated carbocycles. The Morgan fingerprint density at radius 1 is 1.82 bits per heavy atom. The van der Waals surface area contributed by atoms with Crippen molar-refractivity contribution < 1.29 is 9.53 Å². The van der Waals surface area contributed by atoms with Crippen molar-refractivity contribution in [1.29, 1.82) is 0 Å². The van der Waals surface area contributed by atoms with Gasteiger partial charge in [-0.15, -0.1) is 0 Å². The van der Waals surface area contributed by atoms with Crippen LogP contribution in [0.15, 0.2) is 0 Å². The monoisotopic (exact) mass is 172 g/mol. The molecule has 0 radical (unpaired) electrons. The summed E-state index contributed by atoms with van der Waals surface area (Å²) in [5.41, 5.74) is 0. The molecule has 0 saturated heterocycles. The number of carbonyl (C=O) groups excluding carboxylic acids is 1. The van der Waals surface area contributed by atoms with Crippen molar-refractivity contribution in [3.8, 4) is 0 Å². The van der Waals surface area contributed by atoms with E-state index in [1.807, 2.05) is 6.92 Å². The van der Waals surface area contributed by atoms with E-state index in [1.165, 1.54) is 0 Å². The zero-order valence-electron chi connectivity index (χ0n) is 6.63. The molecular weight excluding hydrogens is 160 g/mol. The second-order valence-corrected chi connectivity index (χ2v) is 3.19. The summed E-state index contributed by atoms with van der Waals surface area (Å²) < 4.78 is 4.87. The zero-order valence-corrected chi connectivity index (χ0v) is 7.45. The predicted molar refractivity (Wildman–Crippen MR) is 46.6 cm³/mol. The maximum absolute atomic E-state index is 11.1. The smallest absolute Gasteiger partial charge is 0.313 e. The van der Waals surface area contributed by atoms with E-state index in [0.29, 0.717) is 6.61 Å². The van der Waals surface area contributed by atoms with Gasteiger partial charge >= 0.3 is 5.97 Å². The summed E-state index contributed by atoms with van der Waals surface area (Å²) in [4.78, 5) is 12.0. The first-order chi connectivity index (χ1) is 5.25. The number of esters is 1. The fourth-order valence-corrected chi connectivity index (χ4v) is 1.67. The molecule has 1 rings (SSSR count). The van der Waals surface area contributed by atoms with Crippen LogP contribution >= 0.6 is 12.2 Å². The first kappa shape index (κ1) is 8.65. The Morgan fingerprint density at radius 3 is 3.00 bits per heavy atom. The summed E-state index contributed by atoms with van der Waals surface area (Å²) in [5.74, 6) is -0.208. The van der Waals surface area contributed by atoms with Gasteiger partial charge in [0.15, 0.2) is 0 Å². The average molecular weight is 172 g/mol. The lowest BCUT2D eigenvalue weighted by Crippen LogP contribution is -2.19. The lowest BCUT2D eigenvalue weighted by molar-refractivity contribution is -0.145. The molecular formula is C8H12O2S. The molecule has 1 aliphatic rings. The van der Waals surface area contributed by atoms with Gasteiger partial charge in [-0.05, 0) is 26.2 Å². The van der Waals surface area contributed by atoms with Gasteiger partial charge < -0.3 is 4.74 Å². The first-order valence-electron chi connectivity index (χ1n) is 3.95. The van der Waals surface area contributed by atoms with Crippen molar-refractivity contribution in [3.63, 3.8) is 0 Å². The van der Waals surface area contributed by atoms with Crippen molar-refractivity contribution in [2.75, 3.05) is 6.61 Å². The molecule has 1 atom stereocenters. The largest absolute Gasteiger partial charge is 0.466 e. The average Bonchev–Trinajstić information content (AvgIpc) is 2.36. The summed E-state index contributed by atoms with van der Waals surface area (Å²) in [7, 11) is 0. The highest BCUT2D eigenvalue weighted by molar-refractivity contribution is 7.80. The van der Waals surface area contributed by atoms with Crippen molar-refractivity contribution in [1.82, 2.24) is 0 Å². The molecule has 0 aromatic rings. The molecule has 0 N–H and O–H groups in total. The van der Waals surface area contributed by atoms with Crippen molar-refractivity contribution in [2.24, 2.45) is 5.92 Å². The van der Waals surface area contributed by atoms with Crippen LogP contribution in [0.2, 0.25) is 0 Å². The van der Waals surface area contributed by atoms with Gasteiger partial charge in [-0.2, -0.15) is 0 Å². The minimum Gasteiger partial charge on any atom is -0.466 e. The van der Waals surface area contributed by atoms with Crippen LogP contribution in [0.25, 0.3) is 0 Å². The number of thiocarbonyl (C=S) groups is 1. The Morgan fingerprint density at radius 2 is 2.55 bits per heavy atom. The van der Waals surface area contributed by atoms with Crippen molar-refractivity contribution in [2.45, 2.75) is 26.2 Å². The highest BCUT2D eigenvalue weighted by Gasteiger charge is 2.28. The van der Waals surface area contributed by atoms with Crippen LogP contribution in [0.4, 0.5) is 0 Å². The van der Waals surface area contributed by atoms with E-state index < -0.39 is 0 Å². The normalized spacial score (nSPS) is 23.7. The van der Waals surface area contributed by atoms with Gasteiger partial charge in [0.05, 0.1) is 12.5 Å².